The second-order valence-electron chi connectivity index (χ2n) is 5.24. The summed E-state index contributed by atoms with van der Waals surface area (Å²) in [5.41, 5.74) is 1.92. The van der Waals surface area contributed by atoms with Gasteiger partial charge in [0.1, 0.15) is 0 Å². The summed E-state index contributed by atoms with van der Waals surface area (Å²) in [6.45, 7) is 7.26. The van der Waals surface area contributed by atoms with E-state index in [2.05, 4.69) is 25.1 Å². The summed E-state index contributed by atoms with van der Waals surface area (Å²) in [7, 11) is -3.35. The summed E-state index contributed by atoms with van der Waals surface area (Å²) in [5.74, 6) is 2.37. The lowest BCUT2D eigenvalue weighted by atomic mass is 10.1. The minimum Gasteiger partial charge on any atom is -0.310 e. The molecule has 0 unspecified atom stereocenters. The lowest BCUT2D eigenvalue weighted by molar-refractivity contribution is 0.463. The van der Waals surface area contributed by atoms with E-state index in [1.165, 1.54) is 4.31 Å². The molecule has 4 nitrogen and oxygen atoms in total. The molecular formula is C16H24N2O2S. The lowest BCUT2D eigenvalue weighted by Gasteiger charge is -2.17. The highest BCUT2D eigenvalue weighted by Gasteiger charge is 2.19. The molecule has 0 saturated carbocycles. The summed E-state index contributed by atoms with van der Waals surface area (Å²) in [6.07, 6.45) is 5.21. The monoisotopic (exact) mass is 308 g/mol. The van der Waals surface area contributed by atoms with Gasteiger partial charge in [0.25, 0.3) is 0 Å². The zero-order chi connectivity index (χ0) is 15.9. The number of benzene rings is 1. The van der Waals surface area contributed by atoms with E-state index < -0.39 is 10.0 Å². The van der Waals surface area contributed by atoms with Gasteiger partial charge in [0.15, 0.2) is 0 Å². The van der Waals surface area contributed by atoms with Crippen LogP contribution in [0.25, 0.3) is 0 Å². The first kappa shape index (κ1) is 17.7. The van der Waals surface area contributed by atoms with Gasteiger partial charge in [-0.05, 0) is 11.1 Å². The molecule has 0 aliphatic heterocycles. The first-order chi connectivity index (χ1) is 9.89. The third kappa shape index (κ3) is 5.88. The van der Waals surface area contributed by atoms with Crippen LogP contribution in [0.1, 0.15) is 31.9 Å². The van der Waals surface area contributed by atoms with Crippen molar-refractivity contribution in [1.29, 1.82) is 0 Å². The zero-order valence-electron chi connectivity index (χ0n) is 13.0. The summed E-state index contributed by atoms with van der Waals surface area (Å²) >= 11 is 0. The summed E-state index contributed by atoms with van der Waals surface area (Å²) in [4.78, 5) is 0. The van der Waals surface area contributed by atoms with Crippen molar-refractivity contribution in [2.24, 2.45) is 0 Å². The molecule has 21 heavy (non-hydrogen) atoms. The Morgan fingerprint density at radius 2 is 1.81 bits per heavy atom. The summed E-state index contributed by atoms with van der Waals surface area (Å²) < 4.78 is 25.8. The number of terminal acetylenes is 1. The van der Waals surface area contributed by atoms with Crippen LogP contribution in [0, 0.1) is 12.3 Å². The molecule has 1 aromatic rings. The third-order valence-corrected chi connectivity index (χ3v) is 4.97. The van der Waals surface area contributed by atoms with E-state index in [4.69, 9.17) is 6.42 Å². The summed E-state index contributed by atoms with van der Waals surface area (Å²) in [5, 5.41) is 3.32. The average Bonchev–Trinajstić information content (AvgIpc) is 2.43. The van der Waals surface area contributed by atoms with Gasteiger partial charge in [-0.3, -0.25) is 0 Å². The van der Waals surface area contributed by atoms with Crippen LogP contribution in [0.5, 0.6) is 0 Å². The van der Waals surface area contributed by atoms with Gasteiger partial charge in [-0.2, -0.15) is 4.31 Å². The number of nitrogens with one attached hydrogen (secondary N) is 1. The van der Waals surface area contributed by atoms with Gasteiger partial charge in [0, 0.05) is 19.1 Å². The topological polar surface area (TPSA) is 49.4 Å². The molecule has 0 heterocycles. The second-order valence-corrected chi connectivity index (χ2v) is 7.21. The van der Waals surface area contributed by atoms with Crippen LogP contribution in [0.15, 0.2) is 24.3 Å². The van der Waals surface area contributed by atoms with Crippen molar-refractivity contribution < 1.29 is 8.42 Å². The molecule has 0 amide bonds. The number of hydrogen-bond donors (Lipinski definition) is 1. The minimum absolute atomic E-state index is 0.0135. The van der Waals surface area contributed by atoms with Gasteiger partial charge < -0.3 is 5.32 Å². The van der Waals surface area contributed by atoms with E-state index in [0.29, 0.717) is 12.6 Å². The maximum atomic E-state index is 12.2. The molecule has 1 N–H and O–H groups in total. The Labute approximate surface area is 128 Å². The van der Waals surface area contributed by atoms with Crippen molar-refractivity contribution in [1.82, 2.24) is 9.62 Å². The second kappa shape index (κ2) is 8.18. The van der Waals surface area contributed by atoms with Crippen molar-refractivity contribution in [3.8, 4) is 12.3 Å². The first-order valence-corrected chi connectivity index (χ1v) is 8.72. The SMILES string of the molecule is C#CCN(CC)S(=O)(=O)Cc1ccc(CNC(C)C)cc1. The zero-order valence-corrected chi connectivity index (χ0v) is 13.8. The van der Waals surface area contributed by atoms with E-state index in [-0.39, 0.29) is 12.3 Å². The Balaban J connectivity index is 2.73. The maximum absolute atomic E-state index is 12.2. The van der Waals surface area contributed by atoms with E-state index >= 15 is 0 Å². The van der Waals surface area contributed by atoms with Crippen molar-refractivity contribution in [2.45, 2.75) is 39.1 Å². The van der Waals surface area contributed by atoms with E-state index in [1.54, 1.807) is 6.92 Å². The average molecular weight is 308 g/mol. The fourth-order valence-electron chi connectivity index (χ4n) is 1.89. The standard InChI is InChI=1S/C16H24N2O2S/c1-5-11-18(6-2)21(19,20)13-16-9-7-15(8-10-16)12-17-14(3)4/h1,7-10,14,17H,6,11-13H2,2-4H3. The fraction of sp³-hybridized carbons (Fsp3) is 0.500. The molecule has 1 rings (SSSR count). The molecule has 0 spiro atoms. The van der Waals surface area contributed by atoms with Crippen molar-refractivity contribution in [3.63, 3.8) is 0 Å². The Hall–Kier alpha value is -1.35. The number of nitrogens with zero attached hydrogens (tertiary/aromatic N) is 1. The Kier molecular flexibility index (Phi) is 6.90. The predicted octanol–water partition coefficient (Wildman–Crippen LogP) is 1.97. The highest BCUT2D eigenvalue weighted by atomic mass is 32.2. The predicted molar refractivity (Wildman–Crippen MR) is 87.1 cm³/mol. The number of sulfonamides is 1. The first-order valence-electron chi connectivity index (χ1n) is 7.11. The molecule has 0 atom stereocenters. The molecule has 116 valence electrons. The van der Waals surface area contributed by atoms with Gasteiger partial charge in [-0.1, -0.05) is 51.0 Å². The van der Waals surface area contributed by atoms with Gasteiger partial charge in [0.05, 0.1) is 12.3 Å². The van der Waals surface area contributed by atoms with Crippen molar-refractivity contribution >= 4 is 10.0 Å². The van der Waals surface area contributed by atoms with Gasteiger partial charge in [-0.15, -0.1) is 6.42 Å². The van der Waals surface area contributed by atoms with Crippen LogP contribution in [-0.2, 0) is 22.3 Å². The highest BCUT2D eigenvalue weighted by molar-refractivity contribution is 7.88. The largest absolute Gasteiger partial charge is 0.310 e. The fourth-order valence-corrected chi connectivity index (χ4v) is 3.35. The van der Waals surface area contributed by atoms with E-state index in [0.717, 1.165) is 17.7 Å². The third-order valence-electron chi connectivity index (χ3n) is 3.10. The Morgan fingerprint density at radius 3 is 2.29 bits per heavy atom. The molecule has 1 aromatic carbocycles. The van der Waals surface area contributed by atoms with Crippen LogP contribution < -0.4 is 5.32 Å². The smallest absolute Gasteiger partial charge is 0.219 e. The normalized spacial score (nSPS) is 11.8. The minimum atomic E-state index is -3.35. The van der Waals surface area contributed by atoms with Crippen molar-refractivity contribution in [2.75, 3.05) is 13.1 Å². The van der Waals surface area contributed by atoms with Crippen LogP contribution in [-0.4, -0.2) is 31.9 Å². The lowest BCUT2D eigenvalue weighted by Crippen LogP contribution is -2.32. The molecule has 0 aromatic heterocycles. The van der Waals surface area contributed by atoms with Gasteiger partial charge in [0.2, 0.25) is 10.0 Å². The Morgan fingerprint density at radius 1 is 1.24 bits per heavy atom. The molecule has 5 heteroatoms. The van der Waals surface area contributed by atoms with Crippen LogP contribution in [0.2, 0.25) is 0 Å². The number of hydrogen-bond acceptors (Lipinski definition) is 3. The quantitative estimate of drug-likeness (QED) is 0.747. The molecule has 0 fully saturated rings. The van der Waals surface area contributed by atoms with Crippen molar-refractivity contribution in [3.05, 3.63) is 35.4 Å². The highest BCUT2D eigenvalue weighted by Crippen LogP contribution is 2.12. The maximum Gasteiger partial charge on any atom is 0.219 e. The van der Waals surface area contributed by atoms with Gasteiger partial charge >= 0.3 is 0 Å². The molecular weight excluding hydrogens is 284 g/mol. The van der Waals surface area contributed by atoms with Crippen LogP contribution >= 0.6 is 0 Å². The van der Waals surface area contributed by atoms with Crippen LogP contribution in [0.4, 0.5) is 0 Å². The van der Waals surface area contributed by atoms with E-state index in [9.17, 15) is 8.42 Å². The molecule has 0 saturated heterocycles. The van der Waals surface area contributed by atoms with Gasteiger partial charge in [-0.25, -0.2) is 8.42 Å². The van der Waals surface area contributed by atoms with Crippen LogP contribution in [0.3, 0.4) is 0 Å². The van der Waals surface area contributed by atoms with E-state index in [1.807, 2.05) is 24.3 Å². The number of rotatable bonds is 8. The Bertz CT molecular complexity index is 571. The summed E-state index contributed by atoms with van der Waals surface area (Å²) in [6, 6.07) is 8.05. The molecule has 0 bridgehead atoms. The molecule has 0 radical (unpaired) electrons. The molecule has 0 aliphatic carbocycles. The molecule has 0 aliphatic rings.